The van der Waals surface area contributed by atoms with Crippen LogP contribution in [0.4, 0.5) is 0 Å². The number of fused-ring (bicyclic) bond motifs is 1. The fourth-order valence-electron chi connectivity index (χ4n) is 3.89. The zero-order valence-electron chi connectivity index (χ0n) is 8.86. The van der Waals surface area contributed by atoms with E-state index in [1.165, 1.54) is 45.2 Å². The van der Waals surface area contributed by atoms with Crippen molar-refractivity contribution in [2.24, 2.45) is 11.8 Å². The lowest BCUT2D eigenvalue weighted by Crippen LogP contribution is -2.39. The molecule has 1 heterocycles. The van der Waals surface area contributed by atoms with E-state index in [9.17, 15) is 5.11 Å². The predicted molar refractivity (Wildman–Crippen MR) is 56.0 cm³/mol. The highest BCUT2D eigenvalue weighted by atomic mass is 16.3. The van der Waals surface area contributed by atoms with Gasteiger partial charge in [0.05, 0.1) is 6.10 Å². The van der Waals surface area contributed by atoms with Gasteiger partial charge in [-0.05, 0) is 43.9 Å². The molecule has 3 rings (SSSR count). The van der Waals surface area contributed by atoms with Crippen molar-refractivity contribution in [3.05, 3.63) is 0 Å². The molecule has 2 saturated carbocycles. The first kappa shape index (κ1) is 9.17. The van der Waals surface area contributed by atoms with E-state index in [1.54, 1.807) is 0 Å². The van der Waals surface area contributed by atoms with Gasteiger partial charge in [0.15, 0.2) is 0 Å². The van der Waals surface area contributed by atoms with Crippen LogP contribution in [0.5, 0.6) is 0 Å². The van der Waals surface area contributed by atoms with Crippen LogP contribution < -0.4 is 0 Å². The zero-order chi connectivity index (χ0) is 9.54. The Balaban J connectivity index is 1.65. The number of hydrogen-bond donors (Lipinski definition) is 1. The molecule has 4 atom stereocenters. The van der Waals surface area contributed by atoms with E-state index in [0.29, 0.717) is 6.04 Å². The van der Waals surface area contributed by atoms with Crippen molar-refractivity contribution >= 4 is 0 Å². The smallest absolute Gasteiger partial charge is 0.0695 e. The van der Waals surface area contributed by atoms with Gasteiger partial charge >= 0.3 is 0 Å². The zero-order valence-corrected chi connectivity index (χ0v) is 8.86. The fourth-order valence-corrected chi connectivity index (χ4v) is 3.89. The minimum Gasteiger partial charge on any atom is -0.391 e. The van der Waals surface area contributed by atoms with Gasteiger partial charge in [0.25, 0.3) is 0 Å². The van der Waals surface area contributed by atoms with E-state index < -0.39 is 0 Å². The van der Waals surface area contributed by atoms with Gasteiger partial charge in [-0.2, -0.15) is 0 Å². The first-order valence-electron chi connectivity index (χ1n) is 6.27. The molecule has 1 N–H and O–H groups in total. The van der Waals surface area contributed by atoms with E-state index in [-0.39, 0.29) is 6.10 Å². The predicted octanol–water partition coefficient (Wildman–Crippen LogP) is 1.63. The summed E-state index contributed by atoms with van der Waals surface area (Å²) in [6, 6.07) is 0.514. The summed E-state index contributed by atoms with van der Waals surface area (Å²) in [5, 5.41) is 9.87. The number of likely N-dealkylation sites (tertiary alicyclic amines) is 1. The standard InChI is InChI=1S/C12H21NO/c14-12-6-2-5-11(12)13-7-9-3-1-4-10(9)8-13/h9-12,14H,1-8H2/t9?,10?,11-,12-/m0/s1. The van der Waals surface area contributed by atoms with Crippen molar-refractivity contribution in [2.75, 3.05) is 13.1 Å². The van der Waals surface area contributed by atoms with Gasteiger partial charge in [0.1, 0.15) is 0 Å². The summed E-state index contributed by atoms with van der Waals surface area (Å²) in [7, 11) is 0. The molecule has 0 bridgehead atoms. The maximum atomic E-state index is 9.87. The number of hydrogen-bond acceptors (Lipinski definition) is 2. The molecule has 0 radical (unpaired) electrons. The second-order valence-corrected chi connectivity index (χ2v) is 5.47. The van der Waals surface area contributed by atoms with Crippen molar-refractivity contribution in [1.29, 1.82) is 0 Å². The second kappa shape index (κ2) is 3.49. The molecule has 0 aromatic heterocycles. The van der Waals surface area contributed by atoms with Gasteiger partial charge in [-0.3, -0.25) is 4.90 Å². The van der Waals surface area contributed by atoms with Gasteiger partial charge in [-0.25, -0.2) is 0 Å². The van der Waals surface area contributed by atoms with E-state index in [0.717, 1.165) is 18.3 Å². The van der Waals surface area contributed by atoms with Crippen LogP contribution in [0, 0.1) is 11.8 Å². The molecule has 14 heavy (non-hydrogen) atoms. The third kappa shape index (κ3) is 1.40. The van der Waals surface area contributed by atoms with Crippen molar-refractivity contribution < 1.29 is 5.11 Å². The first-order chi connectivity index (χ1) is 6.84. The van der Waals surface area contributed by atoms with Crippen LogP contribution in [0.2, 0.25) is 0 Å². The molecule has 2 aliphatic carbocycles. The van der Waals surface area contributed by atoms with E-state index >= 15 is 0 Å². The fraction of sp³-hybridized carbons (Fsp3) is 1.00. The third-order valence-electron chi connectivity index (χ3n) is 4.67. The molecule has 0 aromatic rings. The number of aliphatic hydroxyl groups is 1. The van der Waals surface area contributed by atoms with Gasteiger partial charge in [0.2, 0.25) is 0 Å². The Bertz CT molecular complexity index is 206. The van der Waals surface area contributed by atoms with Gasteiger partial charge < -0.3 is 5.11 Å². The average molecular weight is 195 g/mol. The quantitative estimate of drug-likeness (QED) is 0.687. The molecule has 3 aliphatic rings. The lowest BCUT2D eigenvalue weighted by Gasteiger charge is -2.27. The first-order valence-corrected chi connectivity index (χ1v) is 6.27. The number of aliphatic hydroxyl groups excluding tert-OH is 1. The molecule has 1 aliphatic heterocycles. The highest BCUT2D eigenvalue weighted by molar-refractivity contribution is 4.94. The van der Waals surface area contributed by atoms with Gasteiger partial charge in [-0.15, -0.1) is 0 Å². The molecule has 2 heteroatoms. The van der Waals surface area contributed by atoms with Crippen LogP contribution in [0.3, 0.4) is 0 Å². The van der Waals surface area contributed by atoms with Crippen LogP contribution in [0.1, 0.15) is 38.5 Å². The Morgan fingerprint density at radius 2 is 1.50 bits per heavy atom. The number of nitrogens with zero attached hydrogens (tertiary/aromatic N) is 1. The van der Waals surface area contributed by atoms with E-state index in [2.05, 4.69) is 4.90 Å². The summed E-state index contributed by atoms with van der Waals surface area (Å²) in [6.07, 6.45) is 7.84. The average Bonchev–Trinajstić information content (AvgIpc) is 2.75. The van der Waals surface area contributed by atoms with Crippen molar-refractivity contribution in [3.63, 3.8) is 0 Å². The lowest BCUT2D eigenvalue weighted by molar-refractivity contribution is 0.0805. The lowest BCUT2D eigenvalue weighted by atomic mass is 10.0. The molecule has 0 amide bonds. The summed E-state index contributed by atoms with van der Waals surface area (Å²) in [4.78, 5) is 2.59. The summed E-state index contributed by atoms with van der Waals surface area (Å²) in [5.74, 6) is 1.95. The Morgan fingerprint density at radius 1 is 0.857 bits per heavy atom. The minimum atomic E-state index is -0.0196. The molecular formula is C12H21NO. The van der Waals surface area contributed by atoms with Crippen molar-refractivity contribution in [1.82, 2.24) is 4.90 Å². The molecule has 3 fully saturated rings. The topological polar surface area (TPSA) is 23.5 Å². The van der Waals surface area contributed by atoms with Gasteiger partial charge in [0, 0.05) is 19.1 Å². The van der Waals surface area contributed by atoms with Crippen LogP contribution in [-0.4, -0.2) is 35.2 Å². The Morgan fingerprint density at radius 3 is 2.07 bits per heavy atom. The monoisotopic (exact) mass is 195 g/mol. The van der Waals surface area contributed by atoms with Crippen LogP contribution >= 0.6 is 0 Å². The Hall–Kier alpha value is -0.0800. The molecular weight excluding hydrogens is 174 g/mol. The largest absolute Gasteiger partial charge is 0.391 e. The second-order valence-electron chi connectivity index (χ2n) is 5.47. The summed E-state index contributed by atoms with van der Waals surface area (Å²) in [6.45, 7) is 2.57. The van der Waals surface area contributed by atoms with Crippen molar-refractivity contribution in [2.45, 2.75) is 50.7 Å². The highest BCUT2D eigenvalue weighted by Crippen LogP contribution is 2.40. The third-order valence-corrected chi connectivity index (χ3v) is 4.67. The van der Waals surface area contributed by atoms with Crippen molar-refractivity contribution in [3.8, 4) is 0 Å². The summed E-state index contributed by atoms with van der Waals surface area (Å²) >= 11 is 0. The molecule has 80 valence electrons. The molecule has 2 unspecified atom stereocenters. The minimum absolute atomic E-state index is 0.0196. The maximum Gasteiger partial charge on any atom is 0.0695 e. The van der Waals surface area contributed by atoms with E-state index in [1.807, 2.05) is 0 Å². The molecule has 1 saturated heterocycles. The molecule has 2 nitrogen and oxygen atoms in total. The molecule has 0 spiro atoms. The van der Waals surface area contributed by atoms with Crippen LogP contribution in [0.15, 0.2) is 0 Å². The van der Waals surface area contributed by atoms with E-state index in [4.69, 9.17) is 0 Å². The van der Waals surface area contributed by atoms with Crippen LogP contribution in [0.25, 0.3) is 0 Å². The Kier molecular flexibility index (Phi) is 2.29. The Labute approximate surface area is 86.3 Å². The number of rotatable bonds is 1. The van der Waals surface area contributed by atoms with Crippen LogP contribution in [-0.2, 0) is 0 Å². The molecule has 0 aromatic carbocycles. The SMILES string of the molecule is O[C@H]1CCC[C@@H]1N1CC2CCCC2C1. The maximum absolute atomic E-state index is 9.87. The normalized spacial score (nSPS) is 48.6. The summed E-state index contributed by atoms with van der Waals surface area (Å²) < 4.78 is 0. The highest BCUT2D eigenvalue weighted by Gasteiger charge is 2.41. The van der Waals surface area contributed by atoms with Gasteiger partial charge in [-0.1, -0.05) is 6.42 Å². The summed E-state index contributed by atoms with van der Waals surface area (Å²) in [5.41, 5.74) is 0.